The van der Waals surface area contributed by atoms with Crippen LogP contribution in [-0.2, 0) is 16.6 Å². The lowest BCUT2D eigenvalue weighted by molar-refractivity contribution is -0.107. The summed E-state index contributed by atoms with van der Waals surface area (Å²) in [5.74, 6) is 0. The zero-order chi connectivity index (χ0) is 12.9. The van der Waals surface area contributed by atoms with E-state index < -0.39 is 0 Å². The van der Waals surface area contributed by atoms with Crippen LogP contribution in [0.4, 0.5) is 0 Å². The van der Waals surface area contributed by atoms with Crippen molar-refractivity contribution in [2.45, 2.75) is 39.5 Å². The molecular formula is C15H23NO. The third-order valence-corrected chi connectivity index (χ3v) is 3.01. The summed E-state index contributed by atoms with van der Waals surface area (Å²) in [7, 11) is 0. The van der Waals surface area contributed by atoms with E-state index in [9.17, 15) is 4.79 Å². The quantitative estimate of drug-likeness (QED) is 0.625. The molecule has 0 atom stereocenters. The summed E-state index contributed by atoms with van der Waals surface area (Å²) in [5, 5.41) is 3.10. The first-order valence-electron chi connectivity index (χ1n) is 6.19. The maximum Gasteiger partial charge on any atom is 0.133 e. The second-order valence-corrected chi connectivity index (χ2v) is 5.51. The van der Waals surface area contributed by atoms with Gasteiger partial charge in [0.05, 0.1) is 6.54 Å². The topological polar surface area (TPSA) is 29.1 Å². The van der Waals surface area contributed by atoms with Crippen molar-refractivity contribution in [2.75, 3.05) is 13.1 Å². The summed E-state index contributed by atoms with van der Waals surface area (Å²) in [4.78, 5) is 10.2. The number of aldehydes is 1. The van der Waals surface area contributed by atoms with E-state index in [4.69, 9.17) is 0 Å². The van der Waals surface area contributed by atoms with Gasteiger partial charge in [-0.25, -0.2) is 0 Å². The summed E-state index contributed by atoms with van der Waals surface area (Å²) in [6.07, 6.45) is 1.88. The van der Waals surface area contributed by atoms with E-state index in [1.165, 1.54) is 16.7 Å². The average Bonchev–Trinajstić information content (AvgIpc) is 2.25. The smallest absolute Gasteiger partial charge is 0.133 e. The molecule has 0 saturated heterocycles. The predicted octanol–water partition coefficient (Wildman–Crippen LogP) is 2.62. The van der Waals surface area contributed by atoms with Gasteiger partial charge in [-0.3, -0.25) is 0 Å². The Hall–Kier alpha value is -1.15. The van der Waals surface area contributed by atoms with Crippen LogP contribution < -0.4 is 5.32 Å². The maximum atomic E-state index is 10.2. The van der Waals surface area contributed by atoms with Crippen molar-refractivity contribution in [3.05, 3.63) is 34.9 Å². The number of aryl methyl sites for hydroxylation is 1. The SMILES string of the molecule is Cc1ccc(C(C)(C)C)cc1CCNCC=O. The molecule has 1 N–H and O–H groups in total. The van der Waals surface area contributed by atoms with Gasteiger partial charge in [0.1, 0.15) is 6.29 Å². The molecule has 0 fully saturated rings. The van der Waals surface area contributed by atoms with Crippen LogP contribution in [0.1, 0.15) is 37.5 Å². The minimum atomic E-state index is 0.193. The lowest BCUT2D eigenvalue weighted by atomic mass is 9.85. The molecule has 0 saturated carbocycles. The fraction of sp³-hybridized carbons (Fsp3) is 0.533. The highest BCUT2D eigenvalue weighted by Crippen LogP contribution is 2.24. The lowest BCUT2D eigenvalue weighted by Crippen LogP contribution is -2.20. The van der Waals surface area contributed by atoms with Crippen LogP contribution >= 0.6 is 0 Å². The maximum absolute atomic E-state index is 10.2. The molecule has 0 aromatic heterocycles. The zero-order valence-electron chi connectivity index (χ0n) is 11.3. The van der Waals surface area contributed by atoms with Gasteiger partial charge in [0.15, 0.2) is 0 Å². The van der Waals surface area contributed by atoms with Crippen molar-refractivity contribution in [1.29, 1.82) is 0 Å². The zero-order valence-corrected chi connectivity index (χ0v) is 11.3. The highest BCUT2D eigenvalue weighted by molar-refractivity contribution is 5.51. The van der Waals surface area contributed by atoms with E-state index in [0.717, 1.165) is 19.3 Å². The molecule has 94 valence electrons. The Labute approximate surface area is 104 Å². The first-order chi connectivity index (χ1) is 7.95. The minimum Gasteiger partial charge on any atom is -0.310 e. The van der Waals surface area contributed by atoms with E-state index in [1.54, 1.807) is 0 Å². The van der Waals surface area contributed by atoms with E-state index >= 15 is 0 Å². The molecule has 1 aromatic rings. The molecule has 0 unspecified atom stereocenters. The second-order valence-electron chi connectivity index (χ2n) is 5.51. The second kappa shape index (κ2) is 5.97. The van der Waals surface area contributed by atoms with Gasteiger partial charge in [-0.1, -0.05) is 39.0 Å². The Morgan fingerprint density at radius 2 is 2.00 bits per heavy atom. The Morgan fingerprint density at radius 1 is 1.29 bits per heavy atom. The normalized spacial score (nSPS) is 11.5. The molecule has 0 aliphatic rings. The number of carbonyl (C=O) groups is 1. The van der Waals surface area contributed by atoms with Crippen LogP contribution in [0.15, 0.2) is 18.2 Å². The molecule has 0 aliphatic carbocycles. The minimum absolute atomic E-state index is 0.193. The van der Waals surface area contributed by atoms with E-state index in [-0.39, 0.29) is 5.41 Å². The summed E-state index contributed by atoms with van der Waals surface area (Å²) in [6, 6.07) is 6.69. The molecule has 0 spiro atoms. The fourth-order valence-electron chi connectivity index (χ4n) is 1.79. The van der Waals surface area contributed by atoms with Gasteiger partial charge in [0.2, 0.25) is 0 Å². The molecule has 2 heteroatoms. The van der Waals surface area contributed by atoms with Crippen molar-refractivity contribution in [3.8, 4) is 0 Å². The molecule has 17 heavy (non-hydrogen) atoms. The van der Waals surface area contributed by atoms with Gasteiger partial charge in [0.25, 0.3) is 0 Å². The number of carbonyl (C=O) groups excluding carboxylic acids is 1. The van der Waals surface area contributed by atoms with Gasteiger partial charge >= 0.3 is 0 Å². The average molecular weight is 233 g/mol. The van der Waals surface area contributed by atoms with E-state index in [2.05, 4.69) is 51.2 Å². The van der Waals surface area contributed by atoms with Crippen molar-refractivity contribution in [2.24, 2.45) is 0 Å². The molecule has 0 radical (unpaired) electrons. The van der Waals surface area contributed by atoms with Crippen LogP contribution in [0, 0.1) is 6.92 Å². The molecule has 0 heterocycles. The summed E-state index contributed by atoms with van der Waals surface area (Å²) in [5.41, 5.74) is 4.26. The summed E-state index contributed by atoms with van der Waals surface area (Å²) in [6.45, 7) is 10.1. The lowest BCUT2D eigenvalue weighted by Gasteiger charge is -2.21. The fourth-order valence-corrected chi connectivity index (χ4v) is 1.79. The van der Waals surface area contributed by atoms with Gasteiger partial charge in [-0.2, -0.15) is 0 Å². The molecule has 2 nitrogen and oxygen atoms in total. The van der Waals surface area contributed by atoms with Gasteiger partial charge in [-0.05, 0) is 42.0 Å². The number of rotatable bonds is 5. The van der Waals surface area contributed by atoms with E-state index in [1.807, 2.05) is 0 Å². The van der Waals surface area contributed by atoms with Crippen molar-refractivity contribution in [1.82, 2.24) is 5.32 Å². The van der Waals surface area contributed by atoms with Crippen LogP contribution in [-0.4, -0.2) is 19.4 Å². The highest BCUT2D eigenvalue weighted by atomic mass is 16.1. The molecule has 0 bridgehead atoms. The van der Waals surface area contributed by atoms with Crippen LogP contribution in [0.3, 0.4) is 0 Å². The Bertz CT molecular complexity index is 377. The van der Waals surface area contributed by atoms with Crippen LogP contribution in [0.25, 0.3) is 0 Å². The summed E-state index contributed by atoms with van der Waals surface area (Å²) < 4.78 is 0. The monoisotopic (exact) mass is 233 g/mol. The third-order valence-electron chi connectivity index (χ3n) is 3.01. The number of hydrogen-bond acceptors (Lipinski definition) is 2. The number of benzene rings is 1. The predicted molar refractivity (Wildman–Crippen MR) is 72.5 cm³/mol. The Balaban J connectivity index is 2.73. The number of hydrogen-bond donors (Lipinski definition) is 1. The van der Waals surface area contributed by atoms with E-state index in [0.29, 0.717) is 6.54 Å². The summed E-state index contributed by atoms with van der Waals surface area (Å²) >= 11 is 0. The van der Waals surface area contributed by atoms with Crippen LogP contribution in [0.5, 0.6) is 0 Å². The molecule has 0 amide bonds. The molecular weight excluding hydrogens is 210 g/mol. The third kappa shape index (κ3) is 4.31. The Morgan fingerprint density at radius 3 is 2.59 bits per heavy atom. The first-order valence-corrected chi connectivity index (χ1v) is 6.19. The molecule has 1 rings (SSSR count). The van der Waals surface area contributed by atoms with Crippen molar-refractivity contribution >= 4 is 6.29 Å². The number of nitrogens with one attached hydrogen (secondary N) is 1. The molecule has 1 aromatic carbocycles. The standard InChI is InChI=1S/C15H23NO/c1-12-5-6-14(15(2,3)4)11-13(12)7-8-16-9-10-17/h5-6,10-11,16H,7-9H2,1-4H3. The van der Waals surface area contributed by atoms with Crippen molar-refractivity contribution in [3.63, 3.8) is 0 Å². The van der Waals surface area contributed by atoms with Gasteiger partial charge in [-0.15, -0.1) is 0 Å². The van der Waals surface area contributed by atoms with Gasteiger partial charge < -0.3 is 10.1 Å². The highest BCUT2D eigenvalue weighted by Gasteiger charge is 2.14. The van der Waals surface area contributed by atoms with Gasteiger partial charge in [0, 0.05) is 0 Å². The molecule has 0 aliphatic heterocycles. The largest absolute Gasteiger partial charge is 0.310 e. The Kier molecular flexibility index (Phi) is 4.88. The first kappa shape index (κ1) is 13.9. The van der Waals surface area contributed by atoms with Crippen molar-refractivity contribution < 1.29 is 4.79 Å². The van der Waals surface area contributed by atoms with Crippen LogP contribution in [0.2, 0.25) is 0 Å².